The third-order valence-corrected chi connectivity index (χ3v) is 4.97. The molecule has 2 unspecified atom stereocenters. The number of alkyl halides is 1. The highest BCUT2D eigenvalue weighted by Crippen LogP contribution is 2.18. The molecule has 0 saturated carbocycles. The van der Waals surface area contributed by atoms with E-state index in [0.29, 0.717) is 5.38 Å². The molecule has 0 bridgehead atoms. The minimum atomic E-state index is -0.224. The van der Waals surface area contributed by atoms with Crippen molar-refractivity contribution in [1.29, 1.82) is 0 Å². The van der Waals surface area contributed by atoms with Crippen molar-refractivity contribution in [2.24, 2.45) is 0 Å². The molecule has 0 aliphatic carbocycles. The molecule has 0 spiro atoms. The summed E-state index contributed by atoms with van der Waals surface area (Å²) in [5.74, 6) is 0. The predicted molar refractivity (Wildman–Crippen MR) is 90.4 cm³/mol. The summed E-state index contributed by atoms with van der Waals surface area (Å²) in [6.45, 7) is 12.7. The molecule has 0 amide bonds. The zero-order valence-corrected chi connectivity index (χ0v) is 16.1. The van der Waals surface area contributed by atoms with Crippen LogP contribution < -0.4 is 12.4 Å². The summed E-state index contributed by atoms with van der Waals surface area (Å²) in [7, 11) is 0. The average Bonchev–Trinajstić information content (AvgIpc) is 2.43. The fraction of sp³-hybridized carbons (Fsp3) is 1.00. The Bertz CT molecular complexity index is 221. The van der Waals surface area contributed by atoms with Crippen molar-refractivity contribution in [2.75, 3.05) is 26.2 Å². The first-order chi connectivity index (χ1) is 9.49. The Hall–Kier alpha value is 0.500. The summed E-state index contributed by atoms with van der Waals surface area (Å²) in [4.78, 5) is 0. The van der Waals surface area contributed by atoms with Gasteiger partial charge in [-0.2, -0.15) is 0 Å². The summed E-state index contributed by atoms with van der Waals surface area (Å²) in [5, 5.41) is 10.00. The highest BCUT2D eigenvalue weighted by Gasteiger charge is 2.25. The van der Waals surface area contributed by atoms with Crippen molar-refractivity contribution in [2.45, 2.75) is 84.1 Å². The highest BCUT2D eigenvalue weighted by atomic mass is 35.5. The van der Waals surface area contributed by atoms with Crippen molar-refractivity contribution >= 4 is 11.6 Å². The second kappa shape index (κ2) is 14.1. The molecule has 2 atom stereocenters. The number of likely N-dealkylation sites (N-methyl/N-ethyl adjacent to an activating group) is 1. The van der Waals surface area contributed by atoms with Crippen molar-refractivity contribution in [3.05, 3.63) is 0 Å². The Morgan fingerprint density at radius 1 is 0.952 bits per heavy atom. The van der Waals surface area contributed by atoms with Gasteiger partial charge in [-0.25, -0.2) is 0 Å². The van der Waals surface area contributed by atoms with Crippen LogP contribution in [0.5, 0.6) is 0 Å². The van der Waals surface area contributed by atoms with Gasteiger partial charge in [-0.05, 0) is 27.2 Å². The van der Waals surface area contributed by atoms with E-state index >= 15 is 0 Å². The van der Waals surface area contributed by atoms with E-state index < -0.39 is 0 Å². The van der Waals surface area contributed by atoms with Gasteiger partial charge >= 0.3 is 0 Å². The SMILES string of the molecule is CCCCCCCC(Cl)CC[N+](CC)(CC)CC(C)O.[Cl-]. The molecule has 0 saturated heterocycles. The fourth-order valence-electron chi connectivity index (χ4n) is 2.98. The van der Waals surface area contributed by atoms with Gasteiger partial charge in [0.25, 0.3) is 0 Å². The van der Waals surface area contributed by atoms with Crippen LogP contribution in [0.4, 0.5) is 0 Å². The maximum atomic E-state index is 9.69. The molecule has 2 nitrogen and oxygen atoms in total. The van der Waals surface area contributed by atoms with E-state index in [0.717, 1.165) is 43.5 Å². The molecule has 0 aromatic rings. The summed E-state index contributed by atoms with van der Waals surface area (Å²) >= 11 is 6.48. The molecule has 0 rings (SSSR count). The molecule has 21 heavy (non-hydrogen) atoms. The first kappa shape index (κ1) is 23.8. The van der Waals surface area contributed by atoms with Crippen molar-refractivity contribution < 1.29 is 22.0 Å². The third kappa shape index (κ3) is 11.7. The molecule has 0 aliphatic rings. The summed E-state index contributed by atoms with van der Waals surface area (Å²) in [6, 6.07) is 0. The van der Waals surface area contributed by atoms with E-state index in [9.17, 15) is 5.11 Å². The minimum Gasteiger partial charge on any atom is -1.00 e. The standard InChI is InChI=1S/C17H37ClNO.ClH/c1-5-8-9-10-11-12-17(18)13-14-19(6-2,7-3)15-16(4)20;/h16-17,20H,5-15H2,1-4H3;1H/q+1;/p-1. The Balaban J connectivity index is 0. The van der Waals surface area contributed by atoms with Gasteiger partial charge in [-0.1, -0.05) is 39.0 Å². The number of unbranched alkanes of at least 4 members (excludes halogenated alkanes) is 4. The van der Waals surface area contributed by atoms with Crippen LogP contribution in [0, 0.1) is 0 Å². The van der Waals surface area contributed by atoms with Crippen LogP contribution in [0.3, 0.4) is 0 Å². The lowest BCUT2D eigenvalue weighted by Crippen LogP contribution is -3.00. The number of rotatable bonds is 13. The Morgan fingerprint density at radius 2 is 1.52 bits per heavy atom. The molecule has 0 radical (unpaired) electrons. The van der Waals surface area contributed by atoms with Crippen molar-refractivity contribution in [3.8, 4) is 0 Å². The number of hydrogen-bond donors (Lipinski definition) is 1. The maximum Gasteiger partial charge on any atom is 0.105 e. The smallest absolute Gasteiger partial charge is 0.105 e. The second-order valence-corrected chi connectivity index (χ2v) is 6.94. The van der Waals surface area contributed by atoms with Gasteiger partial charge < -0.3 is 22.0 Å². The van der Waals surface area contributed by atoms with Gasteiger partial charge in [0.05, 0.1) is 19.6 Å². The summed E-state index contributed by atoms with van der Waals surface area (Å²) in [5.41, 5.74) is 0. The van der Waals surface area contributed by atoms with E-state index in [1.807, 2.05) is 6.92 Å². The Morgan fingerprint density at radius 3 is 2.00 bits per heavy atom. The van der Waals surface area contributed by atoms with Crippen LogP contribution in [0.2, 0.25) is 0 Å². The average molecular weight is 342 g/mol. The molecule has 0 aromatic heterocycles. The quantitative estimate of drug-likeness (QED) is 0.306. The van der Waals surface area contributed by atoms with Crippen LogP contribution >= 0.6 is 11.6 Å². The zero-order valence-electron chi connectivity index (χ0n) is 14.6. The van der Waals surface area contributed by atoms with Crippen molar-refractivity contribution in [3.63, 3.8) is 0 Å². The predicted octanol–water partition coefficient (Wildman–Crippen LogP) is 1.59. The molecule has 0 aromatic carbocycles. The Labute approximate surface area is 144 Å². The number of quaternary nitrogens is 1. The van der Waals surface area contributed by atoms with E-state index in [2.05, 4.69) is 20.8 Å². The molecular formula is C17H37Cl2NO. The lowest BCUT2D eigenvalue weighted by Gasteiger charge is -2.38. The molecule has 4 heteroatoms. The highest BCUT2D eigenvalue weighted by molar-refractivity contribution is 6.20. The van der Waals surface area contributed by atoms with Gasteiger partial charge in [0, 0.05) is 11.8 Å². The van der Waals surface area contributed by atoms with E-state index in [4.69, 9.17) is 11.6 Å². The first-order valence-corrected chi connectivity index (χ1v) is 9.10. The molecule has 0 aliphatic heterocycles. The molecule has 1 N–H and O–H groups in total. The second-order valence-electron chi connectivity index (χ2n) is 6.32. The maximum absolute atomic E-state index is 9.69. The lowest BCUT2D eigenvalue weighted by molar-refractivity contribution is -0.927. The van der Waals surface area contributed by atoms with Crippen LogP contribution in [0.1, 0.15) is 72.6 Å². The van der Waals surface area contributed by atoms with Crippen LogP contribution in [-0.4, -0.2) is 47.2 Å². The minimum absolute atomic E-state index is 0. The summed E-state index contributed by atoms with van der Waals surface area (Å²) in [6.07, 6.45) is 8.60. The number of nitrogens with zero attached hydrogens (tertiary/aromatic N) is 1. The number of halogens is 2. The normalized spacial score (nSPS) is 14.6. The molecular weight excluding hydrogens is 305 g/mol. The van der Waals surface area contributed by atoms with Crippen LogP contribution in [-0.2, 0) is 0 Å². The molecule has 0 heterocycles. The van der Waals surface area contributed by atoms with E-state index in [1.165, 1.54) is 32.1 Å². The molecule has 0 fully saturated rings. The molecule has 130 valence electrons. The Kier molecular flexibility index (Phi) is 16.0. The number of aliphatic hydroxyl groups is 1. The monoisotopic (exact) mass is 341 g/mol. The largest absolute Gasteiger partial charge is 1.00 e. The van der Waals surface area contributed by atoms with Crippen LogP contribution in [0.25, 0.3) is 0 Å². The van der Waals surface area contributed by atoms with E-state index in [-0.39, 0.29) is 18.5 Å². The lowest BCUT2D eigenvalue weighted by atomic mass is 10.1. The third-order valence-electron chi connectivity index (χ3n) is 4.53. The fourth-order valence-corrected chi connectivity index (χ4v) is 3.23. The van der Waals surface area contributed by atoms with Gasteiger partial charge in [0.1, 0.15) is 12.6 Å². The number of aliphatic hydroxyl groups excluding tert-OH is 1. The van der Waals surface area contributed by atoms with Gasteiger partial charge in [-0.15, -0.1) is 11.6 Å². The van der Waals surface area contributed by atoms with Crippen LogP contribution in [0.15, 0.2) is 0 Å². The van der Waals surface area contributed by atoms with Crippen molar-refractivity contribution in [1.82, 2.24) is 0 Å². The summed E-state index contributed by atoms with van der Waals surface area (Å²) < 4.78 is 0.997. The van der Waals surface area contributed by atoms with E-state index in [1.54, 1.807) is 0 Å². The van der Waals surface area contributed by atoms with Gasteiger partial charge in [0.15, 0.2) is 0 Å². The van der Waals surface area contributed by atoms with Gasteiger partial charge in [-0.3, -0.25) is 0 Å². The van der Waals surface area contributed by atoms with Gasteiger partial charge in [0.2, 0.25) is 0 Å². The topological polar surface area (TPSA) is 20.2 Å². The number of hydrogen-bond acceptors (Lipinski definition) is 1. The first-order valence-electron chi connectivity index (χ1n) is 8.66. The zero-order chi connectivity index (χ0) is 15.4.